The molecule has 0 bridgehead atoms. The third-order valence-electron chi connectivity index (χ3n) is 7.55. The van der Waals surface area contributed by atoms with E-state index in [0.29, 0.717) is 48.9 Å². The van der Waals surface area contributed by atoms with E-state index in [0.717, 1.165) is 17.0 Å². The highest BCUT2D eigenvalue weighted by Gasteiger charge is 2.27. The summed E-state index contributed by atoms with van der Waals surface area (Å²) in [6.45, 7) is 4.48. The number of nitrogens with zero attached hydrogens (tertiary/aromatic N) is 2. The summed E-state index contributed by atoms with van der Waals surface area (Å²) < 4.78 is 41.3. The number of para-hydroxylation sites is 1. The van der Waals surface area contributed by atoms with Gasteiger partial charge in [-0.3, -0.25) is 4.79 Å². The maximum absolute atomic E-state index is 13.9. The van der Waals surface area contributed by atoms with Gasteiger partial charge in [-0.05, 0) is 67.1 Å². The van der Waals surface area contributed by atoms with Crippen LogP contribution < -0.4 is 29.3 Å². The molecule has 1 atom stereocenters. The molecule has 0 saturated carbocycles. The summed E-state index contributed by atoms with van der Waals surface area (Å²) in [5, 5.41) is 2.85. The van der Waals surface area contributed by atoms with Crippen LogP contribution in [0, 0.1) is 0 Å². The monoisotopic (exact) mass is 600 g/mol. The minimum Gasteiger partial charge on any atom is -0.497 e. The number of amides is 1. The first-order valence-electron chi connectivity index (χ1n) is 14.1. The van der Waals surface area contributed by atoms with E-state index in [1.165, 1.54) is 13.2 Å². The highest BCUT2D eigenvalue weighted by Crippen LogP contribution is 2.32. The van der Waals surface area contributed by atoms with Gasteiger partial charge in [0.05, 0.1) is 25.5 Å². The van der Waals surface area contributed by atoms with Crippen LogP contribution in [0.5, 0.6) is 11.5 Å². The van der Waals surface area contributed by atoms with E-state index < -0.39 is 22.0 Å². The fourth-order valence-electron chi connectivity index (χ4n) is 5.20. The molecule has 0 radical (unpaired) electrons. The molecular formula is C33H36N4O5S. The number of anilines is 3. The van der Waals surface area contributed by atoms with Gasteiger partial charge in [-0.25, -0.2) is 13.1 Å². The number of hydrogen-bond donors (Lipinski definition) is 2. The van der Waals surface area contributed by atoms with Gasteiger partial charge >= 0.3 is 0 Å². The van der Waals surface area contributed by atoms with Gasteiger partial charge in [0.2, 0.25) is 10.0 Å². The average Bonchev–Trinajstić information content (AvgIpc) is 3.05. The molecule has 4 aromatic carbocycles. The van der Waals surface area contributed by atoms with E-state index in [4.69, 9.17) is 9.47 Å². The number of nitrogens with one attached hydrogen (secondary N) is 2. The molecule has 43 heavy (non-hydrogen) atoms. The summed E-state index contributed by atoms with van der Waals surface area (Å²) >= 11 is 0. The summed E-state index contributed by atoms with van der Waals surface area (Å²) in [7, 11) is -0.849. The highest BCUT2D eigenvalue weighted by molar-refractivity contribution is 7.89. The minimum atomic E-state index is -3.99. The molecule has 1 heterocycles. The third kappa shape index (κ3) is 6.93. The number of piperazine rings is 1. The predicted octanol–water partition coefficient (Wildman–Crippen LogP) is 5.32. The first kappa shape index (κ1) is 29.9. The Kier molecular flexibility index (Phi) is 9.18. The largest absolute Gasteiger partial charge is 0.497 e. The molecule has 0 unspecified atom stereocenters. The summed E-state index contributed by atoms with van der Waals surface area (Å²) in [5.74, 6) is 0.831. The Morgan fingerprint density at radius 3 is 2.12 bits per heavy atom. The van der Waals surface area contributed by atoms with Crippen molar-refractivity contribution in [2.75, 3.05) is 55.5 Å². The number of ether oxygens (including phenoxy) is 2. The Morgan fingerprint density at radius 1 is 0.791 bits per heavy atom. The molecular weight excluding hydrogens is 564 g/mol. The van der Waals surface area contributed by atoms with Gasteiger partial charge < -0.3 is 24.6 Å². The van der Waals surface area contributed by atoms with Crippen LogP contribution in [0.3, 0.4) is 0 Å². The Balaban J connectivity index is 1.42. The Hall–Kier alpha value is -4.54. The first-order chi connectivity index (χ1) is 20.8. The van der Waals surface area contributed by atoms with E-state index >= 15 is 0 Å². The summed E-state index contributed by atoms with van der Waals surface area (Å²) in [5.41, 5.74) is 3.23. The van der Waals surface area contributed by atoms with E-state index in [2.05, 4.69) is 19.8 Å². The average molecular weight is 601 g/mol. The SMILES string of the molecule is COc1ccc(N2CCN(c3ccc(NC(=O)c4ccccc4OC)cc3S(=O)(=O)N[C@@H](C)c3ccccc3)CC2)cc1. The lowest BCUT2D eigenvalue weighted by atomic mass is 10.1. The molecule has 0 aromatic heterocycles. The number of benzene rings is 4. The molecule has 224 valence electrons. The first-order valence-corrected chi connectivity index (χ1v) is 15.6. The zero-order valence-electron chi connectivity index (χ0n) is 24.5. The fraction of sp³-hybridized carbons (Fsp3) is 0.242. The Morgan fingerprint density at radius 2 is 1.44 bits per heavy atom. The molecule has 1 fully saturated rings. The van der Waals surface area contributed by atoms with Crippen LogP contribution in [0.25, 0.3) is 0 Å². The van der Waals surface area contributed by atoms with Gasteiger partial charge in [0.15, 0.2) is 0 Å². The van der Waals surface area contributed by atoms with E-state index in [-0.39, 0.29) is 4.90 Å². The number of rotatable bonds is 10. The molecule has 1 amide bonds. The van der Waals surface area contributed by atoms with Crippen molar-refractivity contribution in [3.8, 4) is 11.5 Å². The standard InChI is InChI=1S/C33H36N4O5S/c1-24(25-9-5-4-6-10-25)35-43(39,40)32-23-26(34-33(38)29-11-7-8-12-31(29)42-3)13-18-30(32)37-21-19-36(20-22-37)27-14-16-28(41-2)17-15-27/h4-18,23-24,35H,19-22H2,1-3H3,(H,34,38)/t24-/m0/s1. The minimum absolute atomic E-state index is 0.103. The van der Waals surface area contributed by atoms with E-state index in [9.17, 15) is 13.2 Å². The van der Waals surface area contributed by atoms with Crippen molar-refractivity contribution in [1.82, 2.24) is 4.72 Å². The third-order valence-corrected chi connectivity index (χ3v) is 9.12. The van der Waals surface area contributed by atoms with E-state index in [1.807, 2.05) is 61.5 Å². The van der Waals surface area contributed by atoms with Crippen molar-refractivity contribution in [3.63, 3.8) is 0 Å². The Bertz CT molecular complexity index is 1650. The zero-order valence-corrected chi connectivity index (χ0v) is 25.3. The molecule has 0 aliphatic carbocycles. The van der Waals surface area contributed by atoms with Crippen LogP contribution in [0.1, 0.15) is 28.9 Å². The number of carbonyl (C=O) groups excluding carboxylic acids is 1. The summed E-state index contributed by atoms with van der Waals surface area (Å²) in [6.07, 6.45) is 0. The molecule has 5 rings (SSSR count). The molecule has 2 N–H and O–H groups in total. The number of methoxy groups -OCH3 is 2. The van der Waals surface area contributed by atoms with Crippen LogP contribution in [-0.4, -0.2) is 54.7 Å². The topological polar surface area (TPSA) is 100 Å². The second-order valence-electron chi connectivity index (χ2n) is 10.3. The fourth-order valence-corrected chi connectivity index (χ4v) is 6.69. The molecule has 4 aromatic rings. The van der Waals surface area contributed by atoms with Crippen LogP contribution in [-0.2, 0) is 10.0 Å². The Labute approximate surface area is 253 Å². The zero-order chi connectivity index (χ0) is 30.4. The van der Waals surface area contributed by atoms with Crippen molar-refractivity contribution in [3.05, 3.63) is 108 Å². The van der Waals surface area contributed by atoms with Gasteiger partial charge in [-0.1, -0.05) is 42.5 Å². The normalized spacial score (nSPS) is 14.2. The number of hydrogen-bond acceptors (Lipinski definition) is 7. The molecule has 1 saturated heterocycles. The van der Waals surface area contributed by atoms with E-state index in [1.54, 1.807) is 43.5 Å². The smallest absolute Gasteiger partial charge is 0.259 e. The van der Waals surface area contributed by atoms with Crippen molar-refractivity contribution < 1.29 is 22.7 Å². The van der Waals surface area contributed by atoms with Crippen molar-refractivity contribution in [2.24, 2.45) is 0 Å². The molecule has 0 spiro atoms. The molecule has 1 aliphatic heterocycles. The highest BCUT2D eigenvalue weighted by atomic mass is 32.2. The summed E-state index contributed by atoms with van der Waals surface area (Å²) in [4.78, 5) is 17.6. The van der Waals surface area contributed by atoms with Gasteiger partial charge in [0, 0.05) is 43.6 Å². The quantitative estimate of drug-likeness (QED) is 0.254. The number of sulfonamides is 1. The van der Waals surface area contributed by atoms with Crippen LogP contribution in [0.2, 0.25) is 0 Å². The molecule has 1 aliphatic rings. The maximum Gasteiger partial charge on any atom is 0.259 e. The van der Waals surface area contributed by atoms with Crippen molar-refractivity contribution >= 4 is 33.0 Å². The maximum atomic E-state index is 13.9. The lowest BCUT2D eigenvalue weighted by molar-refractivity contribution is 0.102. The second kappa shape index (κ2) is 13.2. The molecule has 9 nitrogen and oxygen atoms in total. The van der Waals surface area contributed by atoms with Crippen LogP contribution >= 0.6 is 0 Å². The van der Waals surface area contributed by atoms with Gasteiger partial charge in [0.25, 0.3) is 5.91 Å². The van der Waals surface area contributed by atoms with Gasteiger partial charge in [-0.2, -0.15) is 0 Å². The lowest BCUT2D eigenvalue weighted by Crippen LogP contribution is -2.47. The second-order valence-corrected chi connectivity index (χ2v) is 11.9. The van der Waals surface area contributed by atoms with Crippen LogP contribution in [0.15, 0.2) is 102 Å². The van der Waals surface area contributed by atoms with Crippen molar-refractivity contribution in [2.45, 2.75) is 17.9 Å². The van der Waals surface area contributed by atoms with Gasteiger partial charge in [-0.15, -0.1) is 0 Å². The predicted molar refractivity (Wildman–Crippen MR) is 170 cm³/mol. The summed E-state index contributed by atoms with van der Waals surface area (Å²) in [6, 6.07) is 28.8. The lowest BCUT2D eigenvalue weighted by Gasteiger charge is -2.38. The van der Waals surface area contributed by atoms with Crippen molar-refractivity contribution in [1.29, 1.82) is 0 Å². The molecule has 10 heteroatoms. The van der Waals surface area contributed by atoms with Crippen LogP contribution in [0.4, 0.5) is 17.1 Å². The number of carbonyl (C=O) groups is 1. The van der Waals surface area contributed by atoms with Gasteiger partial charge in [0.1, 0.15) is 16.4 Å².